The van der Waals surface area contributed by atoms with Crippen molar-refractivity contribution in [3.8, 4) is 0 Å². The largest absolute Gasteiger partial charge is 0.481 e. The molecule has 0 saturated heterocycles. The van der Waals surface area contributed by atoms with Crippen LogP contribution in [0.1, 0.15) is 92.9 Å². The van der Waals surface area contributed by atoms with Crippen molar-refractivity contribution in [1.82, 2.24) is 0 Å². The number of carboxylic acids is 1. The van der Waals surface area contributed by atoms with Crippen molar-refractivity contribution in [3.05, 3.63) is 0 Å². The van der Waals surface area contributed by atoms with Gasteiger partial charge < -0.3 is 5.11 Å². The zero-order valence-corrected chi connectivity index (χ0v) is 17.4. The van der Waals surface area contributed by atoms with Crippen molar-refractivity contribution in [2.24, 2.45) is 45.8 Å². The number of carboxylic acid groups (broad SMARTS) is 1. The highest BCUT2D eigenvalue weighted by atomic mass is 16.4. The van der Waals surface area contributed by atoms with E-state index >= 15 is 0 Å². The summed E-state index contributed by atoms with van der Waals surface area (Å²) in [7, 11) is 0. The van der Waals surface area contributed by atoms with Crippen LogP contribution in [-0.4, -0.2) is 11.1 Å². The summed E-state index contributed by atoms with van der Waals surface area (Å²) in [5, 5.41) is 9.98. The van der Waals surface area contributed by atoms with E-state index in [9.17, 15) is 9.90 Å². The normalized spacial score (nSPS) is 43.6. The Kier molecular flexibility index (Phi) is 4.83. The van der Waals surface area contributed by atoms with Gasteiger partial charge >= 0.3 is 5.97 Å². The van der Waals surface area contributed by atoms with Gasteiger partial charge in [0.2, 0.25) is 0 Å². The summed E-state index contributed by atoms with van der Waals surface area (Å²) in [5.74, 6) is 2.88. The second kappa shape index (κ2) is 6.27. The molecular weight excluding hydrogens is 308 g/mol. The zero-order chi connectivity index (χ0) is 18.6. The number of hydrogen-bond donors (Lipinski definition) is 1. The maximum atomic E-state index is 12.1. The van der Waals surface area contributed by atoms with Gasteiger partial charge in [0.1, 0.15) is 0 Å². The molecule has 5 atom stereocenters. The lowest BCUT2D eigenvalue weighted by Crippen LogP contribution is -2.57. The van der Waals surface area contributed by atoms with Crippen LogP contribution >= 0.6 is 0 Å². The Morgan fingerprint density at radius 2 is 1.60 bits per heavy atom. The third-order valence-corrected chi connectivity index (χ3v) is 9.57. The molecule has 3 fully saturated rings. The molecule has 0 amide bonds. The topological polar surface area (TPSA) is 37.3 Å². The molecule has 0 aliphatic heterocycles. The molecule has 0 bridgehead atoms. The van der Waals surface area contributed by atoms with Crippen LogP contribution in [0.15, 0.2) is 0 Å². The molecule has 0 spiro atoms. The Morgan fingerprint density at radius 3 is 2.16 bits per heavy atom. The standard InChI is InChI=1S/C23H40O2/c1-15(2)23(16(3)4)13-10-18-17(14-23)8-9-19-21(18,5)11-7-12-22(19,6)20(24)25/h15-19H,7-14H2,1-6H3,(H,24,25). The van der Waals surface area contributed by atoms with Crippen LogP contribution in [0.2, 0.25) is 0 Å². The fourth-order valence-electron chi connectivity index (χ4n) is 7.92. The predicted molar refractivity (Wildman–Crippen MR) is 103 cm³/mol. The van der Waals surface area contributed by atoms with Gasteiger partial charge in [0, 0.05) is 0 Å². The molecule has 3 saturated carbocycles. The molecule has 0 aromatic carbocycles. The van der Waals surface area contributed by atoms with E-state index in [0.29, 0.717) is 11.3 Å². The first-order valence-corrected chi connectivity index (χ1v) is 10.8. The third kappa shape index (κ3) is 2.69. The minimum absolute atomic E-state index is 0.244. The summed E-state index contributed by atoms with van der Waals surface area (Å²) in [4.78, 5) is 12.1. The molecule has 2 heteroatoms. The average Bonchev–Trinajstić information content (AvgIpc) is 2.53. The lowest BCUT2D eigenvalue weighted by Gasteiger charge is -2.63. The zero-order valence-electron chi connectivity index (χ0n) is 17.4. The second-order valence-corrected chi connectivity index (χ2v) is 10.9. The minimum Gasteiger partial charge on any atom is -0.481 e. The molecule has 0 heterocycles. The first-order chi connectivity index (χ1) is 11.6. The van der Waals surface area contributed by atoms with Gasteiger partial charge in [-0.05, 0) is 92.3 Å². The Balaban J connectivity index is 1.90. The Morgan fingerprint density at radius 1 is 0.960 bits per heavy atom. The minimum atomic E-state index is -0.545. The lowest BCUT2D eigenvalue weighted by molar-refractivity contribution is -0.177. The molecule has 3 aliphatic rings. The number of fused-ring (bicyclic) bond motifs is 3. The van der Waals surface area contributed by atoms with Gasteiger partial charge in [-0.25, -0.2) is 0 Å². The first-order valence-electron chi connectivity index (χ1n) is 10.8. The fourth-order valence-corrected chi connectivity index (χ4v) is 7.92. The van der Waals surface area contributed by atoms with Crippen LogP contribution in [0.3, 0.4) is 0 Å². The van der Waals surface area contributed by atoms with E-state index in [1.165, 1.54) is 32.1 Å². The van der Waals surface area contributed by atoms with E-state index in [-0.39, 0.29) is 5.41 Å². The van der Waals surface area contributed by atoms with Gasteiger partial charge in [0.05, 0.1) is 5.41 Å². The van der Waals surface area contributed by atoms with Crippen LogP contribution in [0, 0.1) is 45.8 Å². The Bertz CT molecular complexity index is 514. The molecule has 2 nitrogen and oxygen atoms in total. The van der Waals surface area contributed by atoms with Crippen LogP contribution in [0.5, 0.6) is 0 Å². The molecule has 1 N–H and O–H groups in total. The summed E-state index contributed by atoms with van der Waals surface area (Å²) in [5.41, 5.74) is 0.242. The first kappa shape index (κ1) is 19.2. The van der Waals surface area contributed by atoms with E-state index < -0.39 is 11.4 Å². The molecule has 0 radical (unpaired) electrons. The molecule has 0 aromatic heterocycles. The summed E-state index contributed by atoms with van der Waals surface area (Å²) in [6.07, 6.45) is 9.65. The lowest BCUT2D eigenvalue weighted by atomic mass is 9.41. The Labute approximate surface area is 155 Å². The van der Waals surface area contributed by atoms with Crippen molar-refractivity contribution in [2.75, 3.05) is 0 Å². The summed E-state index contributed by atoms with van der Waals surface area (Å²) in [6, 6.07) is 0. The quantitative estimate of drug-likeness (QED) is 0.641. The average molecular weight is 349 g/mol. The van der Waals surface area contributed by atoms with E-state index in [1.807, 2.05) is 6.92 Å². The molecule has 3 rings (SSSR count). The summed E-state index contributed by atoms with van der Waals surface area (Å²) in [6.45, 7) is 14.2. The maximum Gasteiger partial charge on any atom is 0.309 e. The van der Waals surface area contributed by atoms with Gasteiger partial charge in [-0.3, -0.25) is 4.79 Å². The van der Waals surface area contributed by atoms with Crippen molar-refractivity contribution in [3.63, 3.8) is 0 Å². The van der Waals surface area contributed by atoms with Crippen molar-refractivity contribution < 1.29 is 9.90 Å². The molecule has 5 unspecified atom stereocenters. The van der Waals surface area contributed by atoms with E-state index in [0.717, 1.165) is 42.9 Å². The van der Waals surface area contributed by atoms with Crippen LogP contribution in [0.25, 0.3) is 0 Å². The third-order valence-electron chi connectivity index (χ3n) is 9.57. The van der Waals surface area contributed by atoms with Crippen molar-refractivity contribution in [1.29, 1.82) is 0 Å². The highest BCUT2D eigenvalue weighted by Gasteiger charge is 2.60. The van der Waals surface area contributed by atoms with E-state index in [4.69, 9.17) is 0 Å². The molecule has 25 heavy (non-hydrogen) atoms. The fraction of sp³-hybridized carbons (Fsp3) is 0.957. The van der Waals surface area contributed by atoms with Gasteiger partial charge in [-0.1, -0.05) is 41.0 Å². The maximum absolute atomic E-state index is 12.1. The van der Waals surface area contributed by atoms with Crippen LogP contribution in [-0.2, 0) is 4.79 Å². The SMILES string of the molecule is CC(C)C1(C(C)C)CCC2C(CCC3C(C)(C(=O)O)CCCC23C)C1. The Hall–Kier alpha value is -0.530. The van der Waals surface area contributed by atoms with Crippen LogP contribution < -0.4 is 0 Å². The monoisotopic (exact) mass is 348 g/mol. The van der Waals surface area contributed by atoms with E-state index in [2.05, 4.69) is 34.6 Å². The molecular formula is C23H40O2. The highest BCUT2D eigenvalue weighted by molar-refractivity contribution is 5.75. The van der Waals surface area contributed by atoms with Crippen molar-refractivity contribution >= 4 is 5.97 Å². The number of rotatable bonds is 3. The summed E-state index contributed by atoms with van der Waals surface area (Å²) < 4.78 is 0. The summed E-state index contributed by atoms with van der Waals surface area (Å²) >= 11 is 0. The number of aliphatic carboxylic acids is 1. The van der Waals surface area contributed by atoms with E-state index in [1.54, 1.807) is 0 Å². The molecule has 0 aromatic rings. The number of hydrogen-bond acceptors (Lipinski definition) is 1. The molecule has 144 valence electrons. The number of carbonyl (C=O) groups is 1. The second-order valence-electron chi connectivity index (χ2n) is 10.9. The predicted octanol–water partition coefficient (Wildman–Crippen LogP) is 6.39. The smallest absolute Gasteiger partial charge is 0.309 e. The van der Waals surface area contributed by atoms with Crippen molar-refractivity contribution in [2.45, 2.75) is 92.9 Å². The van der Waals surface area contributed by atoms with Gasteiger partial charge in [-0.15, -0.1) is 0 Å². The van der Waals surface area contributed by atoms with Gasteiger partial charge in [0.25, 0.3) is 0 Å². The van der Waals surface area contributed by atoms with Crippen LogP contribution in [0.4, 0.5) is 0 Å². The highest BCUT2D eigenvalue weighted by Crippen LogP contribution is 2.66. The van der Waals surface area contributed by atoms with Gasteiger partial charge in [0.15, 0.2) is 0 Å². The molecule has 3 aliphatic carbocycles. The van der Waals surface area contributed by atoms with Gasteiger partial charge in [-0.2, -0.15) is 0 Å².